The lowest BCUT2D eigenvalue weighted by molar-refractivity contribution is -0.136. The lowest BCUT2D eigenvalue weighted by atomic mass is 9.78. The van der Waals surface area contributed by atoms with E-state index in [-0.39, 0.29) is 29.8 Å². The SMILES string of the molecule is COCC(=O)N1CC[C@@](Cc2cccc(-c3ccc(F)cc3)c2)(C(=O)NC(C)(C)C)C1. The number of halogens is 1. The van der Waals surface area contributed by atoms with Crippen LogP contribution in [0.15, 0.2) is 48.5 Å². The van der Waals surface area contributed by atoms with E-state index in [1.807, 2.05) is 45.0 Å². The van der Waals surface area contributed by atoms with E-state index >= 15 is 0 Å². The Hall–Kier alpha value is -2.73. The van der Waals surface area contributed by atoms with Gasteiger partial charge in [0.15, 0.2) is 0 Å². The maximum Gasteiger partial charge on any atom is 0.248 e. The Morgan fingerprint density at radius 3 is 2.48 bits per heavy atom. The van der Waals surface area contributed by atoms with Crippen molar-refractivity contribution in [3.8, 4) is 11.1 Å². The van der Waals surface area contributed by atoms with Crippen LogP contribution < -0.4 is 5.32 Å². The number of amides is 2. The monoisotopic (exact) mass is 426 g/mol. The van der Waals surface area contributed by atoms with Crippen molar-refractivity contribution in [1.82, 2.24) is 10.2 Å². The van der Waals surface area contributed by atoms with Crippen LogP contribution in [0.25, 0.3) is 11.1 Å². The molecular formula is C25H31FN2O3. The third-order valence-electron chi connectivity index (χ3n) is 5.59. The third-order valence-corrected chi connectivity index (χ3v) is 5.59. The number of ether oxygens (including phenoxy) is 1. The van der Waals surface area contributed by atoms with E-state index in [4.69, 9.17) is 4.74 Å². The van der Waals surface area contributed by atoms with E-state index in [0.717, 1.165) is 16.7 Å². The highest BCUT2D eigenvalue weighted by Gasteiger charge is 2.46. The summed E-state index contributed by atoms with van der Waals surface area (Å²) in [5.41, 5.74) is 1.81. The van der Waals surface area contributed by atoms with Gasteiger partial charge in [0, 0.05) is 25.7 Å². The maximum absolute atomic E-state index is 13.4. The molecular weight excluding hydrogens is 395 g/mol. The number of methoxy groups -OCH3 is 1. The minimum atomic E-state index is -0.710. The van der Waals surface area contributed by atoms with E-state index in [9.17, 15) is 14.0 Å². The average Bonchev–Trinajstić information content (AvgIpc) is 3.13. The Morgan fingerprint density at radius 2 is 1.84 bits per heavy atom. The van der Waals surface area contributed by atoms with Gasteiger partial charge in [-0.3, -0.25) is 9.59 Å². The lowest BCUT2D eigenvalue weighted by Gasteiger charge is -2.32. The van der Waals surface area contributed by atoms with Gasteiger partial charge in [-0.15, -0.1) is 0 Å². The summed E-state index contributed by atoms with van der Waals surface area (Å²) >= 11 is 0. The molecule has 1 heterocycles. The Labute approximate surface area is 183 Å². The molecule has 1 atom stereocenters. The first-order valence-corrected chi connectivity index (χ1v) is 10.6. The number of likely N-dealkylation sites (tertiary alicyclic amines) is 1. The van der Waals surface area contributed by atoms with Crippen molar-refractivity contribution >= 4 is 11.8 Å². The fraction of sp³-hybridized carbons (Fsp3) is 0.440. The molecule has 0 aliphatic carbocycles. The van der Waals surface area contributed by atoms with Crippen LogP contribution in [0.3, 0.4) is 0 Å². The van der Waals surface area contributed by atoms with Crippen molar-refractivity contribution in [3.05, 3.63) is 59.9 Å². The normalized spacial score (nSPS) is 18.8. The molecule has 1 aliphatic rings. The van der Waals surface area contributed by atoms with Crippen LogP contribution in [0.1, 0.15) is 32.8 Å². The summed E-state index contributed by atoms with van der Waals surface area (Å²) in [6, 6.07) is 14.3. The number of nitrogens with zero attached hydrogens (tertiary/aromatic N) is 1. The molecule has 2 aromatic carbocycles. The van der Waals surface area contributed by atoms with Crippen molar-refractivity contribution in [2.45, 2.75) is 39.2 Å². The Morgan fingerprint density at radius 1 is 1.13 bits per heavy atom. The summed E-state index contributed by atoms with van der Waals surface area (Å²) in [6.45, 7) is 6.76. The maximum atomic E-state index is 13.4. The molecule has 0 aromatic heterocycles. The lowest BCUT2D eigenvalue weighted by Crippen LogP contribution is -2.51. The summed E-state index contributed by atoms with van der Waals surface area (Å²) < 4.78 is 18.3. The minimum absolute atomic E-state index is 0.0109. The predicted octanol–water partition coefficient (Wildman–Crippen LogP) is 3.82. The minimum Gasteiger partial charge on any atom is -0.375 e. The Balaban J connectivity index is 1.89. The molecule has 6 heteroatoms. The van der Waals surface area contributed by atoms with Crippen LogP contribution >= 0.6 is 0 Å². The number of hydrogen-bond donors (Lipinski definition) is 1. The van der Waals surface area contributed by atoms with Gasteiger partial charge in [-0.2, -0.15) is 0 Å². The van der Waals surface area contributed by atoms with Crippen LogP contribution in [0, 0.1) is 11.2 Å². The topological polar surface area (TPSA) is 58.6 Å². The third kappa shape index (κ3) is 5.70. The zero-order valence-electron chi connectivity index (χ0n) is 18.7. The van der Waals surface area contributed by atoms with Crippen LogP contribution in [0.5, 0.6) is 0 Å². The highest BCUT2D eigenvalue weighted by atomic mass is 19.1. The molecule has 0 unspecified atom stereocenters. The summed E-state index contributed by atoms with van der Waals surface area (Å²) in [7, 11) is 1.49. The second-order valence-corrected chi connectivity index (χ2v) is 9.37. The molecule has 1 N–H and O–H groups in total. The van der Waals surface area contributed by atoms with E-state index in [0.29, 0.717) is 25.9 Å². The quantitative estimate of drug-likeness (QED) is 0.764. The van der Waals surface area contributed by atoms with Crippen molar-refractivity contribution in [2.75, 3.05) is 26.8 Å². The number of carbonyl (C=O) groups excluding carboxylic acids is 2. The molecule has 166 valence electrons. The van der Waals surface area contributed by atoms with Gasteiger partial charge in [0.05, 0.1) is 5.41 Å². The van der Waals surface area contributed by atoms with Gasteiger partial charge < -0.3 is 15.0 Å². The molecule has 1 saturated heterocycles. The summed E-state index contributed by atoms with van der Waals surface area (Å²) in [5.74, 6) is -0.419. The van der Waals surface area contributed by atoms with Crippen molar-refractivity contribution in [1.29, 1.82) is 0 Å². The molecule has 0 bridgehead atoms. The average molecular weight is 427 g/mol. The number of rotatable bonds is 6. The number of hydrogen-bond acceptors (Lipinski definition) is 3. The fourth-order valence-electron chi connectivity index (χ4n) is 4.08. The molecule has 1 fully saturated rings. The molecule has 1 aliphatic heterocycles. The van der Waals surface area contributed by atoms with Crippen molar-refractivity contribution in [2.24, 2.45) is 5.41 Å². The first kappa shape index (κ1) is 22.9. The summed E-state index contributed by atoms with van der Waals surface area (Å²) in [5, 5.41) is 3.12. The Bertz CT molecular complexity index is 937. The summed E-state index contributed by atoms with van der Waals surface area (Å²) in [4.78, 5) is 27.5. The van der Waals surface area contributed by atoms with Crippen molar-refractivity contribution in [3.63, 3.8) is 0 Å². The van der Waals surface area contributed by atoms with Gasteiger partial charge in [0.25, 0.3) is 0 Å². The zero-order valence-corrected chi connectivity index (χ0v) is 18.7. The van der Waals surface area contributed by atoms with Gasteiger partial charge in [-0.05, 0) is 62.4 Å². The van der Waals surface area contributed by atoms with Gasteiger partial charge in [-0.25, -0.2) is 4.39 Å². The predicted molar refractivity (Wildman–Crippen MR) is 119 cm³/mol. The Kier molecular flexibility index (Phi) is 6.80. The van der Waals surface area contributed by atoms with E-state index < -0.39 is 5.41 Å². The number of carbonyl (C=O) groups is 2. The summed E-state index contributed by atoms with van der Waals surface area (Å²) in [6.07, 6.45) is 1.10. The van der Waals surface area contributed by atoms with Crippen LogP contribution in [0.2, 0.25) is 0 Å². The second-order valence-electron chi connectivity index (χ2n) is 9.37. The van der Waals surface area contributed by atoms with Gasteiger partial charge in [0.1, 0.15) is 12.4 Å². The first-order chi connectivity index (χ1) is 14.6. The van der Waals surface area contributed by atoms with E-state index in [2.05, 4.69) is 5.32 Å². The highest BCUT2D eigenvalue weighted by molar-refractivity contribution is 5.86. The van der Waals surface area contributed by atoms with Crippen LogP contribution in [0.4, 0.5) is 4.39 Å². The fourth-order valence-corrected chi connectivity index (χ4v) is 4.08. The first-order valence-electron chi connectivity index (χ1n) is 10.6. The molecule has 0 radical (unpaired) electrons. The standard InChI is InChI=1S/C25H31FN2O3/c1-24(2,3)27-23(30)25(12-13-28(17-25)22(29)16-31-4)15-18-6-5-7-20(14-18)19-8-10-21(26)11-9-19/h5-11,14H,12-13,15-17H2,1-4H3,(H,27,30)/t25-/m0/s1. The van der Waals surface area contributed by atoms with Crippen LogP contribution in [-0.2, 0) is 20.7 Å². The van der Waals surface area contributed by atoms with Gasteiger partial charge in [0.2, 0.25) is 11.8 Å². The van der Waals surface area contributed by atoms with E-state index in [1.165, 1.54) is 19.2 Å². The van der Waals surface area contributed by atoms with Gasteiger partial charge >= 0.3 is 0 Å². The van der Waals surface area contributed by atoms with Crippen molar-refractivity contribution < 1.29 is 18.7 Å². The number of nitrogens with one attached hydrogen (secondary N) is 1. The molecule has 0 spiro atoms. The smallest absolute Gasteiger partial charge is 0.248 e. The molecule has 31 heavy (non-hydrogen) atoms. The molecule has 5 nitrogen and oxygen atoms in total. The second kappa shape index (κ2) is 9.18. The molecule has 0 saturated carbocycles. The zero-order chi connectivity index (χ0) is 22.6. The highest BCUT2D eigenvalue weighted by Crippen LogP contribution is 2.36. The van der Waals surface area contributed by atoms with E-state index in [1.54, 1.807) is 17.0 Å². The van der Waals surface area contributed by atoms with Crippen LogP contribution in [-0.4, -0.2) is 49.1 Å². The van der Waals surface area contributed by atoms with Gasteiger partial charge in [-0.1, -0.05) is 36.4 Å². The molecule has 2 aromatic rings. The number of benzene rings is 2. The largest absolute Gasteiger partial charge is 0.375 e. The molecule has 3 rings (SSSR count). The molecule has 2 amide bonds.